The fourth-order valence-electron chi connectivity index (χ4n) is 3.26. The van der Waals surface area contributed by atoms with Crippen molar-refractivity contribution < 1.29 is 22.5 Å². The van der Waals surface area contributed by atoms with Gasteiger partial charge in [0, 0.05) is 3.57 Å². The van der Waals surface area contributed by atoms with Crippen molar-refractivity contribution in [2.75, 3.05) is 0 Å². The van der Waals surface area contributed by atoms with Gasteiger partial charge in [0.25, 0.3) is 0 Å². The van der Waals surface area contributed by atoms with Gasteiger partial charge in [0.15, 0.2) is 5.75 Å². The molecule has 30 heavy (non-hydrogen) atoms. The average Bonchev–Trinajstić information content (AvgIpc) is 2.67. The van der Waals surface area contributed by atoms with E-state index < -0.39 is 16.1 Å². The second-order valence-electron chi connectivity index (χ2n) is 6.35. The normalized spacial score (nSPS) is 11.7. The molecule has 0 amide bonds. The minimum atomic E-state index is -4.73. The number of esters is 1. The van der Waals surface area contributed by atoms with Gasteiger partial charge in [-0.3, -0.25) is 0 Å². The molecule has 152 valence electrons. The lowest BCUT2D eigenvalue weighted by molar-refractivity contribution is 0.0735. The lowest BCUT2D eigenvalue weighted by Gasteiger charge is -2.17. The van der Waals surface area contributed by atoms with Gasteiger partial charge < -0.3 is 9.29 Å². The number of benzene rings is 4. The van der Waals surface area contributed by atoms with Gasteiger partial charge in [0.05, 0.1) is 17.6 Å². The Morgan fingerprint density at radius 3 is 1.90 bits per heavy atom. The number of carbonyl (C=O) groups excluding carboxylic acids is 1. The number of hydrogen-bond donors (Lipinski definition) is 0. The minimum Gasteiger partial charge on any atom is -0.744 e. The first-order chi connectivity index (χ1) is 14.2. The predicted octanol–water partition coefficient (Wildman–Crippen LogP) is 5.93. The van der Waals surface area contributed by atoms with Crippen LogP contribution < -0.4 is 4.74 Å². The Kier molecular flexibility index (Phi) is 6.27. The van der Waals surface area contributed by atoms with Crippen LogP contribution in [0.1, 0.15) is 10.4 Å². The summed E-state index contributed by atoms with van der Waals surface area (Å²) in [6.07, 6.45) is 0. The highest BCUT2D eigenvalue weighted by atomic mass is 127. The first-order valence-corrected chi connectivity index (χ1v) is 13.1. The van der Waals surface area contributed by atoms with Gasteiger partial charge in [-0.1, -0.05) is 48.5 Å². The molecule has 9 heteroatoms. The molecule has 0 heterocycles. The van der Waals surface area contributed by atoms with E-state index in [-0.39, 0.29) is 17.8 Å². The third-order valence-electron chi connectivity index (χ3n) is 4.51. The molecular weight excluding hydrogens is 745 g/mol. The summed E-state index contributed by atoms with van der Waals surface area (Å²) in [5.74, 6) is -0.553. The highest BCUT2D eigenvalue weighted by Gasteiger charge is 2.24. The lowest BCUT2D eigenvalue weighted by atomic mass is 9.97. The van der Waals surface area contributed by atoms with Crippen molar-refractivity contribution in [2.45, 2.75) is 4.90 Å². The van der Waals surface area contributed by atoms with Crippen LogP contribution in [-0.2, 0) is 10.1 Å². The van der Waals surface area contributed by atoms with Gasteiger partial charge >= 0.3 is 5.97 Å². The summed E-state index contributed by atoms with van der Waals surface area (Å²) in [6.45, 7) is 0. The Balaban J connectivity index is 1.93. The topological polar surface area (TPSA) is 83.5 Å². The van der Waals surface area contributed by atoms with Crippen LogP contribution in [0.3, 0.4) is 0 Å². The van der Waals surface area contributed by atoms with Crippen LogP contribution in [0.4, 0.5) is 0 Å². The van der Waals surface area contributed by atoms with E-state index >= 15 is 0 Å². The fourth-order valence-corrected chi connectivity index (χ4v) is 9.07. The van der Waals surface area contributed by atoms with Crippen molar-refractivity contribution in [3.63, 3.8) is 0 Å². The van der Waals surface area contributed by atoms with Crippen LogP contribution in [-0.4, -0.2) is 18.9 Å². The maximum Gasteiger partial charge on any atom is 0.344 e. The Bertz CT molecular complexity index is 1390. The molecule has 0 saturated heterocycles. The molecular formula is C21H10I3O5S-. The molecule has 0 radical (unpaired) electrons. The molecule has 0 bridgehead atoms. The third kappa shape index (κ3) is 4.06. The van der Waals surface area contributed by atoms with Crippen LogP contribution in [0.25, 0.3) is 21.5 Å². The molecule has 0 aromatic heterocycles. The average molecular weight is 755 g/mol. The van der Waals surface area contributed by atoms with Crippen molar-refractivity contribution in [3.05, 3.63) is 76.9 Å². The van der Waals surface area contributed by atoms with E-state index in [4.69, 9.17) is 4.74 Å². The summed E-state index contributed by atoms with van der Waals surface area (Å²) in [5, 5.41) is 3.23. The molecule has 0 fully saturated rings. The first-order valence-electron chi connectivity index (χ1n) is 8.44. The maximum atomic E-state index is 13.3. The third-order valence-corrected chi connectivity index (χ3v) is 8.84. The Morgan fingerprint density at radius 1 is 0.833 bits per heavy atom. The molecule has 4 aromatic carbocycles. The van der Waals surface area contributed by atoms with Crippen LogP contribution in [0.5, 0.6) is 5.75 Å². The maximum absolute atomic E-state index is 13.3. The van der Waals surface area contributed by atoms with Gasteiger partial charge in [0.2, 0.25) is 0 Å². The van der Waals surface area contributed by atoms with Crippen LogP contribution >= 0.6 is 67.8 Å². The first kappa shape index (κ1) is 22.2. The van der Waals surface area contributed by atoms with E-state index in [0.29, 0.717) is 9.13 Å². The summed E-state index contributed by atoms with van der Waals surface area (Å²) in [6, 6.07) is 18.5. The summed E-state index contributed by atoms with van der Waals surface area (Å²) in [7, 11) is -4.73. The smallest absolute Gasteiger partial charge is 0.344 e. The van der Waals surface area contributed by atoms with E-state index in [2.05, 4.69) is 0 Å². The van der Waals surface area contributed by atoms with Gasteiger partial charge in [-0.15, -0.1) is 0 Å². The number of rotatable bonds is 3. The number of fused-ring (bicyclic) bond motifs is 2. The monoisotopic (exact) mass is 755 g/mol. The zero-order chi connectivity index (χ0) is 21.6. The summed E-state index contributed by atoms with van der Waals surface area (Å²) < 4.78 is 41.8. The number of halogens is 3. The molecule has 0 spiro atoms. The Labute approximate surface area is 213 Å². The fraction of sp³-hybridized carbons (Fsp3) is 0. The van der Waals surface area contributed by atoms with Gasteiger partial charge in [0.1, 0.15) is 10.1 Å². The second kappa shape index (κ2) is 8.48. The van der Waals surface area contributed by atoms with Crippen molar-refractivity contribution >= 4 is 105 Å². The zero-order valence-electron chi connectivity index (χ0n) is 14.9. The Hall–Kier alpha value is -1.03. The molecule has 0 aliphatic carbocycles. The lowest BCUT2D eigenvalue weighted by Crippen LogP contribution is -2.14. The largest absolute Gasteiger partial charge is 0.744 e. The number of carbonyl (C=O) groups is 1. The number of hydrogen-bond acceptors (Lipinski definition) is 5. The van der Waals surface area contributed by atoms with E-state index in [1.807, 2.05) is 77.2 Å². The van der Waals surface area contributed by atoms with Crippen molar-refractivity contribution in [1.29, 1.82) is 0 Å². The highest BCUT2D eigenvalue weighted by molar-refractivity contribution is 14.1. The molecule has 0 aliphatic rings. The molecule has 4 rings (SSSR count). The van der Waals surface area contributed by atoms with Crippen LogP contribution in [0, 0.1) is 10.7 Å². The molecule has 0 unspecified atom stereocenters. The van der Waals surface area contributed by atoms with Crippen molar-refractivity contribution in [1.82, 2.24) is 0 Å². The van der Waals surface area contributed by atoms with Gasteiger partial charge in [-0.25, -0.2) is 13.2 Å². The Morgan fingerprint density at radius 2 is 1.37 bits per heavy atom. The summed E-state index contributed by atoms with van der Waals surface area (Å²) in [5.41, 5.74) is 0.389. The molecule has 0 aliphatic heterocycles. The summed E-state index contributed by atoms with van der Waals surface area (Å²) >= 11 is 5.49. The summed E-state index contributed by atoms with van der Waals surface area (Å²) in [4.78, 5) is 13.0. The second-order valence-corrected chi connectivity index (χ2v) is 11.1. The minimum absolute atomic E-state index is 0.0630. The van der Waals surface area contributed by atoms with Crippen molar-refractivity contribution in [2.24, 2.45) is 0 Å². The van der Waals surface area contributed by atoms with Crippen LogP contribution in [0.15, 0.2) is 65.6 Å². The van der Waals surface area contributed by atoms with Gasteiger partial charge in [-0.2, -0.15) is 0 Å². The van der Waals surface area contributed by atoms with E-state index in [9.17, 15) is 17.8 Å². The molecule has 4 aromatic rings. The highest BCUT2D eigenvalue weighted by Crippen LogP contribution is 2.37. The zero-order valence-corrected chi connectivity index (χ0v) is 22.1. The van der Waals surface area contributed by atoms with E-state index in [0.717, 1.165) is 21.5 Å². The standard InChI is InChI=1S/C21H11I3O5S/c22-15-10-16(23)20(30(26,27)28)18(24)19(15)29-21(25)17-13-7-3-1-5-11(13)9-12-6-2-4-8-14(12)17/h1-10H,(H,26,27,28)/p-1. The quantitative estimate of drug-likeness (QED) is 0.0852. The van der Waals surface area contributed by atoms with Gasteiger partial charge in [-0.05, 0) is 101 Å². The molecule has 5 nitrogen and oxygen atoms in total. The van der Waals surface area contributed by atoms with Crippen molar-refractivity contribution in [3.8, 4) is 5.75 Å². The van der Waals surface area contributed by atoms with E-state index in [1.165, 1.54) is 6.07 Å². The van der Waals surface area contributed by atoms with E-state index in [1.54, 1.807) is 45.2 Å². The molecule has 0 N–H and O–H groups in total. The predicted molar refractivity (Wildman–Crippen MR) is 139 cm³/mol. The number of ether oxygens (including phenoxy) is 1. The SMILES string of the molecule is O=C(Oc1c(I)cc(I)c(S(=O)(=O)[O-])c1I)c1c2ccccc2cc2ccccc12. The molecule has 0 saturated carbocycles. The molecule has 0 atom stereocenters. The van der Waals surface area contributed by atoms with Crippen LogP contribution in [0.2, 0.25) is 0 Å².